The molecule has 1 aliphatic rings. The number of anilines is 1. The molecule has 1 aliphatic heterocycles. The minimum atomic E-state index is 0.132. The van der Waals surface area contributed by atoms with Crippen molar-refractivity contribution in [3.8, 4) is 0 Å². The van der Waals surface area contributed by atoms with E-state index in [1.54, 1.807) is 6.92 Å². The summed E-state index contributed by atoms with van der Waals surface area (Å²) >= 11 is 0. The molecule has 1 aromatic carbocycles. The summed E-state index contributed by atoms with van der Waals surface area (Å²) in [5.74, 6) is 0.132. The zero-order valence-corrected chi connectivity index (χ0v) is 11.3. The van der Waals surface area contributed by atoms with Gasteiger partial charge in [-0.05, 0) is 57.5 Å². The van der Waals surface area contributed by atoms with E-state index >= 15 is 0 Å². The van der Waals surface area contributed by atoms with Crippen molar-refractivity contribution in [3.05, 3.63) is 29.8 Å². The molecule has 1 unspecified atom stereocenters. The SMILES string of the molecule is CC(=O)c1ccc(N2CCCNC(C)CC2)cc1. The number of carbonyl (C=O) groups is 1. The van der Waals surface area contributed by atoms with Gasteiger partial charge in [-0.2, -0.15) is 0 Å². The van der Waals surface area contributed by atoms with E-state index in [1.807, 2.05) is 12.1 Å². The van der Waals surface area contributed by atoms with E-state index < -0.39 is 0 Å². The molecule has 0 bridgehead atoms. The summed E-state index contributed by atoms with van der Waals surface area (Å²) in [4.78, 5) is 13.7. The summed E-state index contributed by atoms with van der Waals surface area (Å²) in [5.41, 5.74) is 2.02. The van der Waals surface area contributed by atoms with Gasteiger partial charge in [0.05, 0.1) is 0 Å². The molecular weight excluding hydrogens is 224 g/mol. The van der Waals surface area contributed by atoms with Crippen molar-refractivity contribution in [1.82, 2.24) is 5.32 Å². The van der Waals surface area contributed by atoms with Crippen LogP contribution in [0.25, 0.3) is 0 Å². The fourth-order valence-electron chi connectivity index (χ4n) is 2.35. The monoisotopic (exact) mass is 246 g/mol. The highest BCUT2D eigenvalue weighted by molar-refractivity contribution is 5.94. The zero-order chi connectivity index (χ0) is 13.0. The van der Waals surface area contributed by atoms with Crippen LogP contribution in [-0.4, -0.2) is 31.5 Å². The number of hydrogen-bond donors (Lipinski definition) is 1. The number of carbonyl (C=O) groups excluding carboxylic acids is 1. The molecule has 18 heavy (non-hydrogen) atoms. The normalized spacial score (nSPS) is 21.2. The Morgan fingerprint density at radius 3 is 2.67 bits per heavy atom. The predicted molar refractivity (Wildman–Crippen MR) is 75.4 cm³/mol. The molecule has 1 atom stereocenters. The van der Waals surface area contributed by atoms with Crippen LogP contribution in [0.5, 0.6) is 0 Å². The number of rotatable bonds is 2. The van der Waals surface area contributed by atoms with Gasteiger partial charge < -0.3 is 10.2 Å². The Balaban J connectivity index is 2.06. The van der Waals surface area contributed by atoms with E-state index in [9.17, 15) is 4.79 Å². The molecule has 1 aromatic rings. The summed E-state index contributed by atoms with van der Waals surface area (Å²) < 4.78 is 0. The van der Waals surface area contributed by atoms with Gasteiger partial charge in [-0.25, -0.2) is 0 Å². The molecule has 1 fully saturated rings. The lowest BCUT2D eigenvalue weighted by Gasteiger charge is -2.29. The van der Waals surface area contributed by atoms with Crippen molar-refractivity contribution in [2.75, 3.05) is 24.5 Å². The van der Waals surface area contributed by atoms with Crippen LogP contribution >= 0.6 is 0 Å². The van der Waals surface area contributed by atoms with Gasteiger partial charge in [-0.3, -0.25) is 4.79 Å². The maximum Gasteiger partial charge on any atom is 0.159 e. The molecule has 0 saturated carbocycles. The van der Waals surface area contributed by atoms with Crippen molar-refractivity contribution in [3.63, 3.8) is 0 Å². The standard InChI is InChI=1S/C15H22N2O/c1-12-8-11-17(10-3-9-16-12)15-6-4-14(5-7-15)13(2)18/h4-7,12,16H,3,8-11H2,1-2H3. The number of nitrogens with zero attached hydrogens (tertiary/aromatic N) is 1. The highest BCUT2D eigenvalue weighted by atomic mass is 16.1. The highest BCUT2D eigenvalue weighted by Crippen LogP contribution is 2.17. The molecule has 1 saturated heterocycles. The fourth-order valence-corrected chi connectivity index (χ4v) is 2.35. The van der Waals surface area contributed by atoms with Gasteiger partial charge >= 0.3 is 0 Å². The van der Waals surface area contributed by atoms with E-state index in [4.69, 9.17) is 0 Å². The Morgan fingerprint density at radius 1 is 1.28 bits per heavy atom. The van der Waals surface area contributed by atoms with Crippen LogP contribution < -0.4 is 10.2 Å². The van der Waals surface area contributed by atoms with E-state index in [0.717, 1.165) is 31.6 Å². The van der Waals surface area contributed by atoms with Crippen molar-refractivity contribution in [1.29, 1.82) is 0 Å². The molecule has 2 rings (SSSR count). The second kappa shape index (κ2) is 6.01. The summed E-state index contributed by atoms with van der Waals surface area (Å²) in [5, 5.41) is 3.51. The summed E-state index contributed by atoms with van der Waals surface area (Å²) in [7, 11) is 0. The first-order valence-corrected chi connectivity index (χ1v) is 6.76. The fraction of sp³-hybridized carbons (Fsp3) is 0.533. The third-order valence-electron chi connectivity index (χ3n) is 3.57. The minimum absolute atomic E-state index is 0.132. The van der Waals surface area contributed by atoms with Crippen molar-refractivity contribution in [2.24, 2.45) is 0 Å². The Hall–Kier alpha value is -1.35. The van der Waals surface area contributed by atoms with Crippen molar-refractivity contribution >= 4 is 11.5 Å². The van der Waals surface area contributed by atoms with E-state index in [1.165, 1.54) is 12.1 Å². The quantitative estimate of drug-likeness (QED) is 0.814. The van der Waals surface area contributed by atoms with Crippen LogP contribution in [-0.2, 0) is 0 Å². The molecule has 0 aliphatic carbocycles. The first-order chi connectivity index (χ1) is 8.66. The largest absolute Gasteiger partial charge is 0.371 e. The summed E-state index contributed by atoms with van der Waals surface area (Å²) in [6.07, 6.45) is 2.33. The van der Waals surface area contributed by atoms with Gasteiger partial charge in [0.15, 0.2) is 5.78 Å². The zero-order valence-electron chi connectivity index (χ0n) is 11.3. The lowest BCUT2D eigenvalue weighted by Crippen LogP contribution is -2.38. The Bertz CT molecular complexity index is 399. The lowest BCUT2D eigenvalue weighted by molar-refractivity contribution is 0.101. The first kappa shape index (κ1) is 13.1. The molecule has 1 N–H and O–H groups in total. The maximum absolute atomic E-state index is 11.3. The average molecular weight is 246 g/mol. The smallest absolute Gasteiger partial charge is 0.159 e. The highest BCUT2D eigenvalue weighted by Gasteiger charge is 2.12. The molecule has 0 radical (unpaired) electrons. The van der Waals surface area contributed by atoms with Gasteiger partial charge in [-0.15, -0.1) is 0 Å². The van der Waals surface area contributed by atoms with Crippen LogP contribution in [0, 0.1) is 0 Å². The van der Waals surface area contributed by atoms with Crippen LogP contribution in [0.15, 0.2) is 24.3 Å². The topological polar surface area (TPSA) is 32.3 Å². The van der Waals surface area contributed by atoms with Gasteiger partial charge in [0.25, 0.3) is 0 Å². The van der Waals surface area contributed by atoms with Crippen molar-refractivity contribution < 1.29 is 4.79 Å². The number of nitrogens with one attached hydrogen (secondary N) is 1. The van der Waals surface area contributed by atoms with Gasteiger partial charge in [0.2, 0.25) is 0 Å². The second-order valence-corrected chi connectivity index (χ2v) is 5.09. The number of ketones is 1. The van der Waals surface area contributed by atoms with Crippen LogP contribution in [0.3, 0.4) is 0 Å². The van der Waals surface area contributed by atoms with Gasteiger partial charge in [-0.1, -0.05) is 0 Å². The van der Waals surface area contributed by atoms with Crippen LogP contribution in [0.4, 0.5) is 5.69 Å². The molecule has 3 heteroatoms. The van der Waals surface area contributed by atoms with Crippen LogP contribution in [0.2, 0.25) is 0 Å². The Morgan fingerprint density at radius 2 is 2.00 bits per heavy atom. The predicted octanol–water partition coefficient (Wildman–Crippen LogP) is 2.47. The number of hydrogen-bond acceptors (Lipinski definition) is 3. The van der Waals surface area contributed by atoms with Gasteiger partial charge in [0.1, 0.15) is 0 Å². The molecule has 0 spiro atoms. The molecule has 0 amide bonds. The molecule has 1 heterocycles. The molecule has 3 nitrogen and oxygen atoms in total. The molecule has 0 aromatic heterocycles. The minimum Gasteiger partial charge on any atom is -0.371 e. The van der Waals surface area contributed by atoms with E-state index in [2.05, 4.69) is 29.3 Å². The second-order valence-electron chi connectivity index (χ2n) is 5.09. The van der Waals surface area contributed by atoms with Crippen LogP contribution in [0.1, 0.15) is 37.0 Å². The Labute approximate surface area is 109 Å². The van der Waals surface area contributed by atoms with E-state index in [0.29, 0.717) is 6.04 Å². The molecular formula is C15H22N2O. The summed E-state index contributed by atoms with van der Waals surface area (Å²) in [6.45, 7) is 7.09. The van der Waals surface area contributed by atoms with E-state index in [-0.39, 0.29) is 5.78 Å². The lowest BCUT2D eigenvalue weighted by atomic mass is 10.1. The Kier molecular flexibility index (Phi) is 4.37. The summed E-state index contributed by atoms with van der Waals surface area (Å²) in [6, 6.07) is 8.58. The maximum atomic E-state index is 11.3. The first-order valence-electron chi connectivity index (χ1n) is 6.76. The van der Waals surface area contributed by atoms with Gasteiger partial charge in [0, 0.05) is 30.4 Å². The number of Topliss-reactive ketones (excluding diaryl/α,β-unsaturated/α-hetero) is 1. The molecule has 98 valence electrons. The average Bonchev–Trinajstić information content (AvgIpc) is 2.35. The number of benzene rings is 1. The third-order valence-corrected chi connectivity index (χ3v) is 3.57. The third kappa shape index (κ3) is 3.33. The van der Waals surface area contributed by atoms with Crippen molar-refractivity contribution in [2.45, 2.75) is 32.7 Å².